The van der Waals surface area contributed by atoms with Crippen molar-refractivity contribution in [2.45, 2.75) is 122 Å². The number of esters is 1. The van der Waals surface area contributed by atoms with E-state index in [-0.39, 0.29) is 12.4 Å². The summed E-state index contributed by atoms with van der Waals surface area (Å²) in [4.78, 5) is 11.0. The molecular formula is C21H42O3. The summed E-state index contributed by atoms with van der Waals surface area (Å²) in [5.74, 6) is -0.316. The van der Waals surface area contributed by atoms with Gasteiger partial charge in [0, 0.05) is 0 Å². The molecule has 3 nitrogen and oxygen atoms in total. The highest BCUT2D eigenvalue weighted by Gasteiger charge is 2.10. The van der Waals surface area contributed by atoms with Crippen LogP contribution in [0.15, 0.2) is 0 Å². The Balaban J connectivity index is 3.11. The molecule has 0 aliphatic rings. The van der Waals surface area contributed by atoms with Crippen LogP contribution < -0.4 is 0 Å². The van der Waals surface area contributed by atoms with Crippen LogP contribution in [0.1, 0.15) is 116 Å². The summed E-state index contributed by atoms with van der Waals surface area (Å²) >= 11 is 0. The molecule has 0 aliphatic heterocycles. The van der Waals surface area contributed by atoms with Crippen molar-refractivity contribution in [3.8, 4) is 0 Å². The van der Waals surface area contributed by atoms with Crippen LogP contribution >= 0.6 is 0 Å². The highest BCUT2D eigenvalue weighted by atomic mass is 16.5. The molecule has 0 aromatic heterocycles. The molecule has 0 amide bonds. The van der Waals surface area contributed by atoms with Gasteiger partial charge in [-0.25, -0.2) is 0 Å². The molecule has 0 radical (unpaired) electrons. The van der Waals surface area contributed by atoms with E-state index >= 15 is 0 Å². The highest BCUT2D eigenvalue weighted by Crippen LogP contribution is 2.14. The number of rotatable bonds is 18. The number of hydrogen-bond acceptors (Lipinski definition) is 3. The number of aliphatic hydroxyl groups excluding tert-OH is 1. The molecule has 0 heterocycles. The zero-order valence-corrected chi connectivity index (χ0v) is 16.4. The summed E-state index contributed by atoms with van der Waals surface area (Å²) in [5, 5.41) is 9.65. The lowest BCUT2D eigenvalue weighted by molar-refractivity contribution is -0.142. The molecule has 0 unspecified atom stereocenters. The van der Waals surface area contributed by atoms with Gasteiger partial charge in [0.25, 0.3) is 0 Å². The van der Waals surface area contributed by atoms with Crippen LogP contribution in [0.3, 0.4) is 0 Å². The maximum atomic E-state index is 11.0. The van der Waals surface area contributed by atoms with Crippen LogP contribution in [0.5, 0.6) is 0 Å². The molecule has 0 aromatic carbocycles. The Morgan fingerprint density at radius 2 is 1.12 bits per heavy atom. The predicted molar refractivity (Wildman–Crippen MR) is 102 cm³/mol. The van der Waals surface area contributed by atoms with Gasteiger partial charge >= 0.3 is 5.97 Å². The smallest absolute Gasteiger partial charge is 0.308 e. The van der Waals surface area contributed by atoms with Crippen molar-refractivity contribution in [3.63, 3.8) is 0 Å². The number of carbonyl (C=O) groups excluding carboxylic acids is 1. The number of unbranched alkanes of at least 4 members (excludes halogenated alkanes) is 14. The topological polar surface area (TPSA) is 46.5 Å². The fourth-order valence-corrected chi connectivity index (χ4v) is 3.13. The number of hydrogen-bond donors (Lipinski definition) is 1. The first-order valence-corrected chi connectivity index (χ1v) is 10.5. The lowest BCUT2D eigenvalue weighted by atomic mass is 10.0. The van der Waals surface area contributed by atoms with Crippen molar-refractivity contribution in [1.29, 1.82) is 0 Å². The lowest BCUT2D eigenvalue weighted by Crippen LogP contribution is -2.14. The van der Waals surface area contributed by atoms with Crippen LogP contribution in [0.2, 0.25) is 0 Å². The van der Waals surface area contributed by atoms with Crippen molar-refractivity contribution >= 4 is 5.97 Å². The van der Waals surface area contributed by atoms with Gasteiger partial charge in [-0.3, -0.25) is 4.79 Å². The van der Waals surface area contributed by atoms with Crippen LogP contribution in [0.4, 0.5) is 0 Å². The van der Waals surface area contributed by atoms with Gasteiger partial charge < -0.3 is 9.84 Å². The average molecular weight is 343 g/mol. The van der Waals surface area contributed by atoms with Crippen LogP contribution in [0, 0.1) is 0 Å². The van der Waals surface area contributed by atoms with Gasteiger partial charge in [-0.2, -0.15) is 0 Å². The first-order chi connectivity index (χ1) is 11.7. The van der Waals surface area contributed by atoms with Gasteiger partial charge in [0.1, 0.15) is 0 Å². The second-order valence-electron chi connectivity index (χ2n) is 7.17. The Bertz CT molecular complexity index is 266. The molecule has 0 fully saturated rings. The average Bonchev–Trinajstić information content (AvgIpc) is 2.58. The Morgan fingerprint density at radius 3 is 1.50 bits per heavy atom. The molecule has 0 aliphatic carbocycles. The first kappa shape index (κ1) is 23.4. The van der Waals surface area contributed by atoms with Crippen molar-refractivity contribution in [3.05, 3.63) is 0 Å². The second-order valence-corrected chi connectivity index (χ2v) is 7.17. The summed E-state index contributed by atoms with van der Waals surface area (Å²) in [6.45, 7) is 2.27. The molecule has 0 saturated heterocycles. The molecule has 0 bridgehead atoms. The Kier molecular flexibility index (Phi) is 18.3. The maximum absolute atomic E-state index is 11.0. The minimum atomic E-state index is -0.528. The number of aliphatic hydroxyl groups is 1. The molecule has 0 saturated carbocycles. The van der Waals surface area contributed by atoms with E-state index in [0.29, 0.717) is 6.42 Å². The van der Waals surface area contributed by atoms with Gasteiger partial charge in [-0.05, 0) is 6.42 Å². The van der Waals surface area contributed by atoms with E-state index in [1.165, 1.54) is 90.6 Å². The van der Waals surface area contributed by atoms with E-state index in [0.717, 1.165) is 12.8 Å². The summed E-state index contributed by atoms with van der Waals surface area (Å²) in [6.07, 6.45) is 20.5. The summed E-state index contributed by atoms with van der Waals surface area (Å²) in [7, 11) is 1.36. The first-order valence-electron chi connectivity index (χ1n) is 10.5. The largest absolute Gasteiger partial charge is 0.469 e. The molecule has 0 aromatic rings. The zero-order chi connectivity index (χ0) is 17.9. The summed E-state index contributed by atoms with van der Waals surface area (Å²) in [5.41, 5.74) is 0. The quantitative estimate of drug-likeness (QED) is 0.239. The molecule has 0 spiro atoms. The number of carbonyl (C=O) groups is 1. The maximum Gasteiger partial charge on any atom is 0.308 e. The number of methoxy groups -OCH3 is 1. The fraction of sp³-hybridized carbons (Fsp3) is 0.952. The van der Waals surface area contributed by atoms with Gasteiger partial charge in [-0.15, -0.1) is 0 Å². The summed E-state index contributed by atoms with van der Waals surface area (Å²) < 4.78 is 4.55. The van der Waals surface area contributed by atoms with Gasteiger partial charge in [0.05, 0.1) is 19.6 Å². The molecule has 24 heavy (non-hydrogen) atoms. The third-order valence-corrected chi connectivity index (χ3v) is 4.77. The van der Waals surface area contributed by atoms with Gasteiger partial charge in [-0.1, -0.05) is 103 Å². The minimum absolute atomic E-state index is 0.134. The molecule has 3 heteroatoms. The van der Waals surface area contributed by atoms with Crippen molar-refractivity contribution in [2.24, 2.45) is 0 Å². The Labute approximate surface area is 150 Å². The van der Waals surface area contributed by atoms with Crippen molar-refractivity contribution < 1.29 is 14.6 Å². The van der Waals surface area contributed by atoms with Gasteiger partial charge in [0.15, 0.2) is 0 Å². The van der Waals surface area contributed by atoms with Crippen molar-refractivity contribution in [1.82, 2.24) is 0 Å². The Morgan fingerprint density at radius 1 is 0.750 bits per heavy atom. The van der Waals surface area contributed by atoms with E-state index < -0.39 is 6.10 Å². The van der Waals surface area contributed by atoms with Crippen LogP contribution in [-0.2, 0) is 9.53 Å². The molecule has 1 N–H and O–H groups in total. The normalized spacial score (nSPS) is 12.3. The number of ether oxygens (including phenoxy) is 1. The van der Waals surface area contributed by atoms with E-state index in [1.807, 2.05) is 0 Å². The lowest BCUT2D eigenvalue weighted by Gasteiger charge is -2.08. The second kappa shape index (κ2) is 18.8. The monoisotopic (exact) mass is 342 g/mol. The standard InChI is InChI=1S/C21H42O3/c1-3-4-5-6-7-8-9-10-11-12-13-14-15-16-17-18-20(22)19-21(23)24-2/h20,22H,3-19H2,1-2H3/t20-/m0/s1. The van der Waals surface area contributed by atoms with Crippen molar-refractivity contribution in [2.75, 3.05) is 7.11 Å². The minimum Gasteiger partial charge on any atom is -0.469 e. The third-order valence-electron chi connectivity index (χ3n) is 4.77. The molecule has 144 valence electrons. The molecular weight excluding hydrogens is 300 g/mol. The van der Waals surface area contributed by atoms with E-state index in [2.05, 4.69) is 11.7 Å². The molecule has 1 atom stereocenters. The third kappa shape index (κ3) is 17.8. The zero-order valence-electron chi connectivity index (χ0n) is 16.4. The van der Waals surface area contributed by atoms with Crippen LogP contribution in [-0.4, -0.2) is 24.3 Å². The molecule has 0 rings (SSSR count). The van der Waals surface area contributed by atoms with E-state index in [4.69, 9.17) is 0 Å². The van der Waals surface area contributed by atoms with E-state index in [1.54, 1.807) is 0 Å². The SMILES string of the molecule is CCCCCCCCCCCCCCCCC[C@H](O)CC(=O)OC. The fourth-order valence-electron chi connectivity index (χ4n) is 3.13. The van der Waals surface area contributed by atoms with Crippen LogP contribution in [0.25, 0.3) is 0 Å². The summed E-state index contributed by atoms with van der Waals surface area (Å²) in [6, 6.07) is 0. The predicted octanol–water partition coefficient (Wildman–Crippen LogP) is 6.17. The van der Waals surface area contributed by atoms with Gasteiger partial charge in [0.2, 0.25) is 0 Å². The van der Waals surface area contributed by atoms with E-state index in [9.17, 15) is 9.90 Å². The Hall–Kier alpha value is -0.570. The highest BCUT2D eigenvalue weighted by molar-refractivity contribution is 5.69.